The van der Waals surface area contributed by atoms with Crippen molar-refractivity contribution in [1.29, 1.82) is 0 Å². The van der Waals surface area contributed by atoms with Crippen LogP contribution in [0.2, 0.25) is 0 Å². The van der Waals surface area contributed by atoms with Crippen LogP contribution in [-0.4, -0.2) is 19.5 Å². The third kappa shape index (κ3) is 5.52. The van der Waals surface area contributed by atoms with Crippen molar-refractivity contribution in [3.63, 3.8) is 0 Å². The van der Waals surface area contributed by atoms with E-state index in [1.54, 1.807) is 0 Å². The summed E-state index contributed by atoms with van der Waals surface area (Å²) in [5, 5.41) is 0. The fraction of sp³-hybridized carbons (Fsp3) is 0.565. The summed E-state index contributed by atoms with van der Waals surface area (Å²) < 4.78 is 1.98. The summed E-state index contributed by atoms with van der Waals surface area (Å²) >= 11 is 0. The molecule has 6 heteroatoms. The average Bonchev–Trinajstić information content (AvgIpc) is 2.69. The summed E-state index contributed by atoms with van der Waals surface area (Å²) in [7, 11) is 0. The summed E-state index contributed by atoms with van der Waals surface area (Å²) in [5.41, 5.74) is 1.90. The number of nitrogens with zero attached hydrogens (tertiary/aromatic N) is 3. The van der Waals surface area contributed by atoms with E-state index in [4.69, 9.17) is 0 Å². The summed E-state index contributed by atoms with van der Waals surface area (Å²) in [5.74, 6) is 0.381. The van der Waals surface area contributed by atoms with E-state index in [1.807, 2.05) is 29.7 Å². The Bertz CT molecular complexity index is 1020. The van der Waals surface area contributed by atoms with Crippen LogP contribution in [0.5, 0.6) is 0 Å². The molecule has 2 aliphatic heterocycles. The molecule has 0 unspecified atom stereocenters. The molecule has 3 rings (SSSR count). The molecule has 2 heterocycles. The molecule has 0 aromatic heterocycles. The lowest BCUT2D eigenvalue weighted by Gasteiger charge is -2.16. The fourth-order valence-electron chi connectivity index (χ4n) is 3.89. The van der Waals surface area contributed by atoms with Gasteiger partial charge in [0.1, 0.15) is 0 Å². The van der Waals surface area contributed by atoms with Crippen molar-refractivity contribution in [2.45, 2.75) is 84.6 Å². The number of hydrogen-bond acceptors (Lipinski definition) is 4. The number of benzene rings is 1. The van der Waals surface area contributed by atoms with Gasteiger partial charge in [-0.2, -0.15) is 4.98 Å². The van der Waals surface area contributed by atoms with Gasteiger partial charge in [-0.15, -0.1) is 0 Å². The zero-order valence-corrected chi connectivity index (χ0v) is 17.7. The van der Waals surface area contributed by atoms with Crippen LogP contribution in [0.1, 0.15) is 76.7 Å². The summed E-state index contributed by atoms with van der Waals surface area (Å²) in [4.78, 5) is 34.8. The molecule has 0 saturated carbocycles. The number of rotatable bonds is 11. The predicted octanol–water partition coefficient (Wildman–Crippen LogP) is 4.81. The Kier molecular flexibility index (Phi) is 7.55. The molecule has 29 heavy (non-hydrogen) atoms. The molecule has 1 N–H and O–H groups in total. The Morgan fingerprint density at radius 1 is 0.897 bits per heavy atom. The number of H-pyrrole nitrogens is 1. The Morgan fingerprint density at radius 3 is 2.24 bits per heavy atom. The highest BCUT2D eigenvalue weighted by atomic mass is 16.2. The largest absolute Gasteiger partial charge is 0.349 e. The zero-order valence-electron chi connectivity index (χ0n) is 17.7. The second-order valence-electron chi connectivity index (χ2n) is 7.98. The van der Waals surface area contributed by atoms with Crippen molar-refractivity contribution in [2.24, 2.45) is 0 Å². The van der Waals surface area contributed by atoms with Gasteiger partial charge in [0, 0.05) is 6.54 Å². The molecule has 0 amide bonds. The van der Waals surface area contributed by atoms with Crippen LogP contribution >= 0.6 is 0 Å². The van der Waals surface area contributed by atoms with E-state index < -0.39 is 11.2 Å². The number of aryl methyl sites for hydroxylation is 2. The van der Waals surface area contributed by atoms with E-state index in [0.717, 1.165) is 36.0 Å². The normalized spacial score (nSPS) is 11.5. The lowest BCUT2D eigenvalue weighted by Crippen LogP contribution is -2.28. The Labute approximate surface area is 171 Å². The minimum atomic E-state index is -0.618. The van der Waals surface area contributed by atoms with Gasteiger partial charge in [0.2, 0.25) is 0 Å². The highest BCUT2D eigenvalue weighted by Gasteiger charge is 2.18. The topological polar surface area (TPSA) is 80.6 Å². The highest BCUT2D eigenvalue weighted by Crippen LogP contribution is 2.22. The van der Waals surface area contributed by atoms with E-state index in [1.165, 1.54) is 51.4 Å². The first kappa shape index (κ1) is 21.2. The van der Waals surface area contributed by atoms with Crippen LogP contribution < -0.4 is 11.2 Å². The Morgan fingerprint density at radius 2 is 1.55 bits per heavy atom. The van der Waals surface area contributed by atoms with Crippen molar-refractivity contribution in [3.8, 4) is 11.5 Å². The summed E-state index contributed by atoms with van der Waals surface area (Å²) in [6.07, 6.45) is 12.6. The van der Waals surface area contributed by atoms with Gasteiger partial charge in [0.25, 0.3) is 5.56 Å². The molecule has 2 aliphatic rings. The van der Waals surface area contributed by atoms with Crippen LogP contribution in [0.3, 0.4) is 0 Å². The molecule has 1 aromatic carbocycles. The highest BCUT2D eigenvalue weighted by molar-refractivity contribution is 5.79. The van der Waals surface area contributed by atoms with Crippen molar-refractivity contribution in [1.82, 2.24) is 19.5 Å². The number of unbranched alkanes of at least 4 members (excludes halogenated alkanes) is 9. The van der Waals surface area contributed by atoms with Crippen molar-refractivity contribution >= 4 is 11.0 Å². The van der Waals surface area contributed by atoms with E-state index in [2.05, 4.69) is 21.9 Å². The molecule has 0 atom stereocenters. The first-order valence-corrected chi connectivity index (χ1v) is 11.0. The number of hydrogen-bond donors (Lipinski definition) is 1. The Hall–Kier alpha value is -2.50. The molecule has 1 aromatic rings. The molecule has 6 nitrogen and oxygen atoms in total. The standard InChI is InChI=1S/C23H32N4O2/c1-3-4-5-6-7-8-9-10-11-12-15-27-19-14-13-17(2)16-18(19)24-20-21(27)25-23(29)26-22(20)28/h13-14,16H,3-12,15H2,1-2H3,(H,26,28,29). The van der Waals surface area contributed by atoms with E-state index in [0.29, 0.717) is 5.82 Å². The second kappa shape index (κ2) is 10.3. The molecule has 0 aliphatic carbocycles. The van der Waals surface area contributed by atoms with E-state index in [9.17, 15) is 9.59 Å². The first-order chi connectivity index (χ1) is 14.1. The number of nitrogens with one attached hydrogen (secondary N) is 1. The summed E-state index contributed by atoms with van der Waals surface area (Å²) in [6, 6.07) is 5.99. The maximum absolute atomic E-state index is 12.3. The fourth-order valence-corrected chi connectivity index (χ4v) is 3.89. The van der Waals surface area contributed by atoms with Crippen molar-refractivity contribution < 1.29 is 0 Å². The second-order valence-corrected chi connectivity index (χ2v) is 7.98. The maximum atomic E-state index is 12.3. The quantitative estimate of drug-likeness (QED) is 0.372. The predicted molar refractivity (Wildman–Crippen MR) is 118 cm³/mol. The van der Waals surface area contributed by atoms with Crippen LogP contribution in [0.15, 0.2) is 27.8 Å². The lowest BCUT2D eigenvalue weighted by molar-refractivity contribution is 0.537. The third-order valence-electron chi connectivity index (χ3n) is 5.50. The van der Waals surface area contributed by atoms with Crippen molar-refractivity contribution in [3.05, 3.63) is 44.6 Å². The SMILES string of the molecule is CCCCCCCCCCCCn1c2nc(=O)[nH]c(=O)c-2nc2cc(C)ccc21. The van der Waals surface area contributed by atoms with Gasteiger partial charge < -0.3 is 4.57 Å². The minimum Gasteiger partial charge on any atom is -0.322 e. The molecule has 0 spiro atoms. The Balaban J connectivity index is 1.66. The van der Waals surface area contributed by atoms with E-state index >= 15 is 0 Å². The average molecular weight is 397 g/mol. The molecule has 0 fully saturated rings. The van der Waals surface area contributed by atoms with Crippen LogP contribution in [0.25, 0.3) is 22.6 Å². The van der Waals surface area contributed by atoms with Gasteiger partial charge in [-0.05, 0) is 31.0 Å². The zero-order chi connectivity index (χ0) is 20.6. The molecule has 0 bridgehead atoms. The van der Waals surface area contributed by atoms with Gasteiger partial charge >= 0.3 is 5.69 Å². The van der Waals surface area contributed by atoms with Crippen LogP contribution in [-0.2, 0) is 6.54 Å². The van der Waals surface area contributed by atoms with Gasteiger partial charge in [-0.25, -0.2) is 9.78 Å². The first-order valence-electron chi connectivity index (χ1n) is 11.0. The third-order valence-corrected chi connectivity index (χ3v) is 5.50. The minimum absolute atomic E-state index is 0.231. The molecule has 0 radical (unpaired) electrons. The van der Waals surface area contributed by atoms with Gasteiger partial charge in [-0.1, -0.05) is 70.8 Å². The molecular weight excluding hydrogens is 364 g/mol. The molecular formula is C23H32N4O2. The maximum Gasteiger partial charge on any atom is 0.349 e. The van der Waals surface area contributed by atoms with Gasteiger partial charge in [0.05, 0.1) is 11.0 Å². The molecule has 156 valence electrons. The smallest absolute Gasteiger partial charge is 0.322 e. The van der Waals surface area contributed by atoms with Crippen LogP contribution in [0.4, 0.5) is 0 Å². The van der Waals surface area contributed by atoms with Crippen molar-refractivity contribution in [2.75, 3.05) is 0 Å². The monoisotopic (exact) mass is 396 g/mol. The van der Waals surface area contributed by atoms with Gasteiger partial charge in [-0.3, -0.25) is 9.78 Å². The van der Waals surface area contributed by atoms with Gasteiger partial charge in [0.15, 0.2) is 11.5 Å². The van der Waals surface area contributed by atoms with Crippen LogP contribution in [0, 0.1) is 6.92 Å². The van der Waals surface area contributed by atoms with E-state index in [-0.39, 0.29) is 5.69 Å². The molecule has 0 saturated heterocycles. The number of aromatic amines is 1. The summed E-state index contributed by atoms with van der Waals surface area (Å²) in [6.45, 7) is 4.98. The number of fused-ring (bicyclic) bond motifs is 2. The lowest BCUT2D eigenvalue weighted by atomic mass is 10.1. The number of aromatic nitrogens is 4.